The summed E-state index contributed by atoms with van der Waals surface area (Å²) in [6, 6.07) is 0. The van der Waals surface area contributed by atoms with Gasteiger partial charge in [-0.25, -0.2) is 0 Å². The molecule has 15 heavy (non-hydrogen) atoms. The van der Waals surface area contributed by atoms with Gasteiger partial charge in [-0.2, -0.15) is 0 Å². The molecule has 1 atom stereocenters. The van der Waals surface area contributed by atoms with Crippen molar-refractivity contribution in [1.29, 1.82) is 0 Å². The molecule has 0 aromatic heterocycles. The van der Waals surface area contributed by atoms with E-state index in [1.165, 1.54) is 5.57 Å². The number of nitrogens with two attached hydrogens (primary N) is 1. The summed E-state index contributed by atoms with van der Waals surface area (Å²) in [5, 5.41) is 0. The maximum Gasteiger partial charge on any atom is 0.0221 e. The fraction of sp³-hybridized carbons (Fsp3) is 0.571. The summed E-state index contributed by atoms with van der Waals surface area (Å²) < 4.78 is 0. The van der Waals surface area contributed by atoms with Crippen LogP contribution in [0.15, 0.2) is 36.5 Å². The molecule has 0 bridgehead atoms. The molecule has 0 fully saturated rings. The fourth-order valence-corrected chi connectivity index (χ4v) is 1.08. The van der Waals surface area contributed by atoms with Crippen molar-refractivity contribution in [2.45, 2.75) is 46.6 Å². The Labute approximate surface area is 94.8 Å². The molecule has 0 aromatic rings. The van der Waals surface area contributed by atoms with Gasteiger partial charge in [0.25, 0.3) is 0 Å². The van der Waals surface area contributed by atoms with Crippen molar-refractivity contribution >= 4 is 0 Å². The van der Waals surface area contributed by atoms with Crippen LogP contribution in [0.2, 0.25) is 0 Å². The second-order valence-corrected chi connectivity index (χ2v) is 4.93. The molecule has 0 spiro atoms. The van der Waals surface area contributed by atoms with E-state index in [0.717, 1.165) is 6.42 Å². The van der Waals surface area contributed by atoms with Crippen LogP contribution in [0.4, 0.5) is 0 Å². The first-order chi connectivity index (χ1) is 6.77. The van der Waals surface area contributed by atoms with Crippen molar-refractivity contribution in [2.75, 3.05) is 0 Å². The molecule has 86 valence electrons. The van der Waals surface area contributed by atoms with E-state index in [0.29, 0.717) is 0 Å². The van der Waals surface area contributed by atoms with Gasteiger partial charge in [-0.05, 0) is 27.2 Å². The molecular weight excluding hydrogens is 182 g/mol. The molecule has 0 aromatic carbocycles. The van der Waals surface area contributed by atoms with Crippen LogP contribution in [-0.2, 0) is 0 Å². The summed E-state index contributed by atoms with van der Waals surface area (Å²) in [5.41, 5.74) is 7.04. The standard InChI is InChI=1S/C14H25N/c1-7-12(3)10-9-11-14(6,8-2)13(4,5)15/h8-11H,2,7,15H2,1,3-6H3/b11-9-,12-10?. The van der Waals surface area contributed by atoms with E-state index in [9.17, 15) is 0 Å². The lowest BCUT2D eigenvalue weighted by atomic mass is 9.73. The first-order valence-electron chi connectivity index (χ1n) is 5.54. The Morgan fingerprint density at radius 1 is 1.33 bits per heavy atom. The van der Waals surface area contributed by atoms with E-state index in [4.69, 9.17) is 5.73 Å². The van der Waals surface area contributed by atoms with E-state index in [2.05, 4.69) is 45.6 Å². The fourth-order valence-electron chi connectivity index (χ4n) is 1.08. The number of rotatable bonds is 5. The van der Waals surface area contributed by atoms with Gasteiger partial charge in [-0.3, -0.25) is 0 Å². The Bertz CT molecular complexity index is 266. The molecular formula is C14H25N. The van der Waals surface area contributed by atoms with Gasteiger partial charge in [-0.15, -0.1) is 6.58 Å². The lowest BCUT2D eigenvalue weighted by Crippen LogP contribution is -2.46. The molecule has 0 saturated heterocycles. The van der Waals surface area contributed by atoms with Gasteiger partial charge < -0.3 is 5.73 Å². The van der Waals surface area contributed by atoms with Crippen LogP contribution in [0, 0.1) is 5.41 Å². The Morgan fingerprint density at radius 3 is 2.20 bits per heavy atom. The minimum absolute atomic E-state index is 0.169. The lowest BCUT2D eigenvalue weighted by Gasteiger charge is -2.36. The highest BCUT2D eigenvalue weighted by atomic mass is 14.7. The third-order valence-electron chi connectivity index (χ3n) is 3.19. The highest BCUT2D eigenvalue weighted by Crippen LogP contribution is 2.31. The quantitative estimate of drug-likeness (QED) is 0.538. The summed E-state index contributed by atoms with van der Waals surface area (Å²) in [7, 11) is 0. The monoisotopic (exact) mass is 207 g/mol. The Hall–Kier alpha value is -0.820. The van der Waals surface area contributed by atoms with Crippen LogP contribution in [0.3, 0.4) is 0 Å². The molecule has 0 radical (unpaired) electrons. The van der Waals surface area contributed by atoms with Crippen molar-refractivity contribution in [3.05, 3.63) is 36.5 Å². The van der Waals surface area contributed by atoms with Gasteiger partial charge in [0, 0.05) is 11.0 Å². The largest absolute Gasteiger partial charge is 0.325 e. The molecule has 0 aliphatic carbocycles. The van der Waals surface area contributed by atoms with Gasteiger partial charge >= 0.3 is 0 Å². The van der Waals surface area contributed by atoms with Gasteiger partial charge in [0.15, 0.2) is 0 Å². The minimum atomic E-state index is -0.292. The van der Waals surface area contributed by atoms with Gasteiger partial charge in [0.05, 0.1) is 0 Å². The third kappa shape index (κ3) is 4.05. The molecule has 1 nitrogen and oxygen atoms in total. The second kappa shape index (κ2) is 5.32. The normalized spacial score (nSPS) is 17.9. The lowest BCUT2D eigenvalue weighted by molar-refractivity contribution is 0.313. The summed E-state index contributed by atoms with van der Waals surface area (Å²) in [5.74, 6) is 0. The number of hydrogen-bond donors (Lipinski definition) is 1. The Kier molecular flexibility index (Phi) is 5.02. The van der Waals surface area contributed by atoms with Crippen LogP contribution in [0.1, 0.15) is 41.0 Å². The van der Waals surface area contributed by atoms with E-state index in [1.54, 1.807) is 0 Å². The molecule has 1 unspecified atom stereocenters. The zero-order chi connectivity index (χ0) is 12.1. The number of hydrogen-bond acceptors (Lipinski definition) is 1. The highest BCUT2D eigenvalue weighted by Gasteiger charge is 2.32. The van der Waals surface area contributed by atoms with Crippen LogP contribution in [0.5, 0.6) is 0 Å². The smallest absolute Gasteiger partial charge is 0.0221 e. The summed E-state index contributed by atoms with van der Waals surface area (Å²) >= 11 is 0. The SMILES string of the molecule is C=CC(C)(/C=C\C=C(C)CC)C(C)(C)N. The topological polar surface area (TPSA) is 26.0 Å². The molecule has 1 heteroatoms. The van der Waals surface area contributed by atoms with E-state index < -0.39 is 0 Å². The zero-order valence-electron chi connectivity index (χ0n) is 10.8. The average molecular weight is 207 g/mol. The summed E-state index contributed by atoms with van der Waals surface area (Å²) in [6.45, 7) is 14.3. The third-order valence-corrected chi connectivity index (χ3v) is 3.19. The van der Waals surface area contributed by atoms with Crippen LogP contribution >= 0.6 is 0 Å². The van der Waals surface area contributed by atoms with Crippen LogP contribution in [0.25, 0.3) is 0 Å². The molecule has 0 saturated carbocycles. The van der Waals surface area contributed by atoms with Crippen molar-refractivity contribution in [3.63, 3.8) is 0 Å². The van der Waals surface area contributed by atoms with Crippen molar-refractivity contribution in [1.82, 2.24) is 0 Å². The Balaban J connectivity index is 4.81. The molecule has 2 N–H and O–H groups in total. The van der Waals surface area contributed by atoms with Crippen LogP contribution < -0.4 is 5.73 Å². The molecule has 0 rings (SSSR count). The van der Waals surface area contributed by atoms with Gasteiger partial charge in [0.2, 0.25) is 0 Å². The second-order valence-electron chi connectivity index (χ2n) is 4.93. The molecule has 0 aliphatic rings. The zero-order valence-corrected chi connectivity index (χ0v) is 10.8. The average Bonchev–Trinajstić information content (AvgIpc) is 2.15. The Morgan fingerprint density at radius 2 is 1.87 bits per heavy atom. The van der Waals surface area contributed by atoms with Crippen molar-refractivity contribution < 1.29 is 0 Å². The first kappa shape index (κ1) is 14.2. The van der Waals surface area contributed by atoms with E-state index in [-0.39, 0.29) is 11.0 Å². The van der Waals surface area contributed by atoms with Crippen molar-refractivity contribution in [3.8, 4) is 0 Å². The van der Waals surface area contributed by atoms with Gasteiger partial charge in [0.1, 0.15) is 0 Å². The minimum Gasteiger partial charge on any atom is -0.325 e. The maximum absolute atomic E-state index is 6.13. The molecule has 0 amide bonds. The number of allylic oxidation sites excluding steroid dienone is 3. The molecule has 0 heterocycles. The summed E-state index contributed by atoms with van der Waals surface area (Å²) in [4.78, 5) is 0. The highest BCUT2D eigenvalue weighted by molar-refractivity contribution is 5.21. The molecule has 0 aliphatic heterocycles. The van der Waals surface area contributed by atoms with E-state index in [1.807, 2.05) is 19.9 Å². The predicted molar refractivity (Wildman–Crippen MR) is 69.8 cm³/mol. The first-order valence-corrected chi connectivity index (χ1v) is 5.54. The maximum atomic E-state index is 6.13. The van der Waals surface area contributed by atoms with Crippen LogP contribution in [-0.4, -0.2) is 5.54 Å². The summed E-state index contributed by atoms with van der Waals surface area (Å²) in [6.07, 6.45) is 9.33. The van der Waals surface area contributed by atoms with E-state index >= 15 is 0 Å². The van der Waals surface area contributed by atoms with Crippen molar-refractivity contribution in [2.24, 2.45) is 11.1 Å². The predicted octanol–water partition coefficient (Wildman–Crippen LogP) is 3.83. The van der Waals surface area contributed by atoms with Gasteiger partial charge in [-0.1, -0.05) is 43.7 Å².